The lowest BCUT2D eigenvalue weighted by Gasteiger charge is -2.44. The quantitative estimate of drug-likeness (QED) is 0.753. The first-order chi connectivity index (χ1) is 8.52. The zero-order valence-electron chi connectivity index (χ0n) is 11.7. The van der Waals surface area contributed by atoms with E-state index in [9.17, 15) is 10.2 Å². The van der Waals surface area contributed by atoms with Gasteiger partial charge < -0.3 is 14.9 Å². The minimum atomic E-state index is -0.122. The summed E-state index contributed by atoms with van der Waals surface area (Å²) in [6.07, 6.45) is 2.35. The summed E-state index contributed by atoms with van der Waals surface area (Å²) >= 11 is 0. The van der Waals surface area contributed by atoms with Crippen molar-refractivity contribution in [1.82, 2.24) is 0 Å². The molecule has 1 saturated heterocycles. The highest BCUT2D eigenvalue weighted by Crippen LogP contribution is 2.71. The molecular formula is C15H26O3. The molecule has 6 unspecified atom stereocenters. The van der Waals surface area contributed by atoms with Crippen LogP contribution in [0.3, 0.4) is 0 Å². The Morgan fingerprint density at radius 1 is 1.22 bits per heavy atom. The highest BCUT2D eigenvalue weighted by atomic mass is 16.6. The Bertz CT molecular complexity index is 331. The predicted molar refractivity (Wildman–Crippen MR) is 69.0 cm³/mol. The van der Waals surface area contributed by atoms with Gasteiger partial charge in [0.25, 0.3) is 0 Å². The average Bonchev–Trinajstić information content (AvgIpc) is 3.09. The number of fused-ring (bicyclic) bond motifs is 3. The van der Waals surface area contributed by atoms with Crippen LogP contribution in [0.2, 0.25) is 0 Å². The van der Waals surface area contributed by atoms with E-state index < -0.39 is 0 Å². The summed E-state index contributed by atoms with van der Waals surface area (Å²) in [7, 11) is 0. The van der Waals surface area contributed by atoms with Crippen LogP contribution in [0.1, 0.15) is 33.6 Å². The van der Waals surface area contributed by atoms with Gasteiger partial charge in [0, 0.05) is 24.5 Å². The number of rotatable bonds is 3. The molecular weight excluding hydrogens is 228 g/mol. The molecule has 1 heterocycles. The van der Waals surface area contributed by atoms with E-state index >= 15 is 0 Å². The van der Waals surface area contributed by atoms with E-state index in [2.05, 4.69) is 20.8 Å². The zero-order chi connectivity index (χ0) is 13.1. The van der Waals surface area contributed by atoms with Crippen LogP contribution in [-0.4, -0.2) is 35.6 Å². The summed E-state index contributed by atoms with van der Waals surface area (Å²) in [6.45, 7) is 8.06. The SMILES string of the molecule is CC(C)C1CCC2(C)C(CO)C1C(CO)C21CO1. The third kappa shape index (κ3) is 1.31. The van der Waals surface area contributed by atoms with Crippen molar-refractivity contribution in [2.24, 2.45) is 35.0 Å². The number of hydrogen-bond acceptors (Lipinski definition) is 3. The van der Waals surface area contributed by atoms with E-state index in [1.54, 1.807) is 0 Å². The maximum absolute atomic E-state index is 9.87. The maximum Gasteiger partial charge on any atom is 0.103 e. The molecule has 2 aliphatic carbocycles. The molecule has 104 valence electrons. The Morgan fingerprint density at radius 3 is 2.28 bits per heavy atom. The lowest BCUT2D eigenvalue weighted by atomic mass is 9.61. The van der Waals surface area contributed by atoms with Gasteiger partial charge >= 0.3 is 0 Å². The molecule has 1 aliphatic heterocycles. The van der Waals surface area contributed by atoms with Gasteiger partial charge in [-0.2, -0.15) is 0 Å². The highest BCUT2D eigenvalue weighted by molar-refractivity contribution is 5.22. The summed E-state index contributed by atoms with van der Waals surface area (Å²) in [4.78, 5) is 0. The first-order valence-corrected chi connectivity index (χ1v) is 7.37. The standard InChI is InChI=1S/C15H26O3/c1-9(2)10-4-5-14(3)11(6-16)13(10)12(7-17)15(14)8-18-15/h9-13,16-17H,4-8H2,1-3H3. The van der Waals surface area contributed by atoms with E-state index in [1.807, 2.05) is 0 Å². The second-order valence-corrected chi connectivity index (χ2v) is 7.20. The first-order valence-electron chi connectivity index (χ1n) is 7.37. The van der Waals surface area contributed by atoms with Crippen LogP contribution in [-0.2, 0) is 4.74 Å². The van der Waals surface area contributed by atoms with Gasteiger partial charge in [-0.05, 0) is 36.5 Å². The Hall–Kier alpha value is -0.120. The maximum atomic E-state index is 9.87. The van der Waals surface area contributed by atoms with Gasteiger partial charge in [-0.25, -0.2) is 0 Å². The molecule has 3 heteroatoms. The van der Waals surface area contributed by atoms with Crippen LogP contribution >= 0.6 is 0 Å². The van der Waals surface area contributed by atoms with E-state index in [1.165, 1.54) is 6.42 Å². The van der Waals surface area contributed by atoms with Crippen molar-refractivity contribution >= 4 is 0 Å². The monoisotopic (exact) mass is 254 g/mol. The van der Waals surface area contributed by atoms with Crippen molar-refractivity contribution in [3.8, 4) is 0 Å². The lowest BCUT2D eigenvalue weighted by Crippen LogP contribution is -2.42. The molecule has 2 N–H and O–H groups in total. The van der Waals surface area contributed by atoms with E-state index in [4.69, 9.17) is 4.74 Å². The third-order valence-corrected chi connectivity index (χ3v) is 6.51. The number of aliphatic hydroxyl groups excluding tert-OH is 2. The topological polar surface area (TPSA) is 53.0 Å². The predicted octanol–water partition coefficient (Wildman–Crippen LogP) is 1.67. The summed E-state index contributed by atoms with van der Waals surface area (Å²) in [5.74, 6) is 2.21. The number of hydrogen-bond donors (Lipinski definition) is 2. The zero-order valence-corrected chi connectivity index (χ0v) is 11.7. The molecule has 1 spiro atoms. The Balaban J connectivity index is 2.02. The van der Waals surface area contributed by atoms with Crippen molar-refractivity contribution in [2.45, 2.75) is 39.2 Å². The van der Waals surface area contributed by atoms with Gasteiger partial charge in [0.15, 0.2) is 0 Å². The fourth-order valence-corrected chi connectivity index (χ4v) is 5.40. The van der Waals surface area contributed by atoms with Crippen LogP contribution in [0.4, 0.5) is 0 Å². The van der Waals surface area contributed by atoms with Gasteiger partial charge in [-0.3, -0.25) is 0 Å². The minimum absolute atomic E-state index is 0.0746. The largest absolute Gasteiger partial charge is 0.396 e. The molecule has 3 rings (SSSR count). The van der Waals surface area contributed by atoms with Crippen LogP contribution < -0.4 is 0 Å². The summed E-state index contributed by atoms with van der Waals surface area (Å²) in [6, 6.07) is 0. The molecule has 0 aromatic rings. The van der Waals surface area contributed by atoms with Crippen LogP contribution in [0, 0.1) is 35.0 Å². The van der Waals surface area contributed by atoms with E-state index in [0.29, 0.717) is 23.7 Å². The summed E-state index contributed by atoms with van der Waals surface area (Å²) in [5, 5.41) is 19.7. The Labute approximate surface area is 110 Å². The fraction of sp³-hybridized carbons (Fsp3) is 1.00. The second-order valence-electron chi connectivity index (χ2n) is 7.20. The van der Waals surface area contributed by atoms with Crippen molar-refractivity contribution in [3.63, 3.8) is 0 Å². The van der Waals surface area contributed by atoms with Crippen LogP contribution in [0.15, 0.2) is 0 Å². The van der Waals surface area contributed by atoms with Gasteiger partial charge in [0.2, 0.25) is 0 Å². The third-order valence-electron chi connectivity index (χ3n) is 6.51. The molecule has 18 heavy (non-hydrogen) atoms. The van der Waals surface area contributed by atoms with Gasteiger partial charge in [0.05, 0.1) is 6.61 Å². The molecule has 2 bridgehead atoms. The summed E-state index contributed by atoms with van der Waals surface area (Å²) < 4.78 is 5.87. The fourth-order valence-electron chi connectivity index (χ4n) is 5.40. The summed E-state index contributed by atoms with van der Waals surface area (Å²) in [5.41, 5.74) is -0.0470. The molecule has 6 atom stereocenters. The first kappa shape index (κ1) is 12.9. The Morgan fingerprint density at radius 2 is 1.83 bits per heavy atom. The minimum Gasteiger partial charge on any atom is -0.396 e. The molecule has 3 fully saturated rings. The highest BCUT2D eigenvalue weighted by Gasteiger charge is 2.75. The molecule has 0 aromatic heterocycles. The lowest BCUT2D eigenvalue weighted by molar-refractivity contribution is -0.00458. The molecule has 3 aliphatic rings. The smallest absolute Gasteiger partial charge is 0.103 e. The van der Waals surface area contributed by atoms with Gasteiger partial charge in [-0.15, -0.1) is 0 Å². The normalized spacial score (nSPS) is 54.3. The van der Waals surface area contributed by atoms with Crippen LogP contribution in [0.5, 0.6) is 0 Å². The van der Waals surface area contributed by atoms with E-state index in [0.717, 1.165) is 13.0 Å². The number of aliphatic hydroxyl groups is 2. The molecule has 0 amide bonds. The average molecular weight is 254 g/mol. The molecule has 2 saturated carbocycles. The number of ether oxygens (including phenoxy) is 1. The van der Waals surface area contributed by atoms with Crippen LogP contribution in [0.25, 0.3) is 0 Å². The van der Waals surface area contributed by atoms with Crippen molar-refractivity contribution in [3.05, 3.63) is 0 Å². The molecule has 0 aromatic carbocycles. The Kier molecular flexibility index (Phi) is 2.82. The van der Waals surface area contributed by atoms with Crippen molar-refractivity contribution in [2.75, 3.05) is 19.8 Å². The molecule has 0 radical (unpaired) electrons. The second kappa shape index (κ2) is 3.94. The number of epoxide rings is 1. The van der Waals surface area contributed by atoms with E-state index in [-0.39, 0.29) is 30.1 Å². The van der Waals surface area contributed by atoms with Gasteiger partial charge in [-0.1, -0.05) is 20.8 Å². The molecule has 3 nitrogen and oxygen atoms in total. The van der Waals surface area contributed by atoms with Crippen molar-refractivity contribution < 1.29 is 14.9 Å². The van der Waals surface area contributed by atoms with Gasteiger partial charge in [0.1, 0.15) is 5.60 Å². The van der Waals surface area contributed by atoms with Crippen molar-refractivity contribution in [1.29, 1.82) is 0 Å².